The third kappa shape index (κ3) is 3.96. The summed E-state index contributed by atoms with van der Waals surface area (Å²) in [5.41, 5.74) is -1.40. The highest BCUT2D eigenvalue weighted by Gasteiger charge is 2.37. The lowest BCUT2D eigenvalue weighted by molar-refractivity contribution is 0.0600. The van der Waals surface area contributed by atoms with Crippen molar-refractivity contribution < 1.29 is 27.5 Å². The zero-order valence-electron chi connectivity index (χ0n) is 14.3. The van der Waals surface area contributed by atoms with Gasteiger partial charge in [-0.05, 0) is 47.8 Å². The van der Waals surface area contributed by atoms with Crippen molar-refractivity contribution in [2.75, 3.05) is 13.7 Å². The number of sulfonamides is 1. The van der Waals surface area contributed by atoms with Crippen LogP contribution in [0.5, 0.6) is 0 Å². The first kappa shape index (κ1) is 19.3. The van der Waals surface area contributed by atoms with E-state index in [1.54, 1.807) is 29.6 Å². The average Bonchev–Trinajstić information content (AvgIpc) is 3.40. The molecule has 7 nitrogen and oxygen atoms in total. The number of ether oxygens (including phenoxy) is 1. The maximum atomic E-state index is 12.6. The van der Waals surface area contributed by atoms with Crippen LogP contribution in [-0.4, -0.2) is 33.1 Å². The number of carbonyl (C=O) groups excluding carboxylic acids is 1. The maximum absolute atomic E-state index is 12.6. The molecule has 0 amide bonds. The van der Waals surface area contributed by atoms with Gasteiger partial charge in [-0.1, -0.05) is 6.07 Å². The Kier molecular flexibility index (Phi) is 5.47. The molecule has 0 aliphatic carbocycles. The second-order valence-electron chi connectivity index (χ2n) is 5.66. The molecule has 3 aromatic rings. The van der Waals surface area contributed by atoms with Crippen LogP contribution in [0.25, 0.3) is 0 Å². The molecule has 0 radical (unpaired) electrons. The molecule has 0 aliphatic rings. The van der Waals surface area contributed by atoms with Gasteiger partial charge in [-0.25, -0.2) is 17.9 Å². The summed E-state index contributed by atoms with van der Waals surface area (Å²) < 4.78 is 37.5. The van der Waals surface area contributed by atoms with E-state index in [4.69, 9.17) is 4.42 Å². The van der Waals surface area contributed by atoms with E-state index in [-0.39, 0.29) is 22.8 Å². The van der Waals surface area contributed by atoms with Crippen molar-refractivity contribution >= 4 is 27.3 Å². The van der Waals surface area contributed by atoms with Crippen LogP contribution in [0.4, 0.5) is 0 Å². The summed E-state index contributed by atoms with van der Waals surface area (Å²) in [7, 11) is -2.68. The second-order valence-corrected chi connectivity index (χ2v) is 8.37. The van der Waals surface area contributed by atoms with Crippen molar-refractivity contribution in [3.8, 4) is 0 Å². The van der Waals surface area contributed by atoms with Crippen molar-refractivity contribution in [3.05, 3.63) is 76.4 Å². The van der Waals surface area contributed by atoms with E-state index in [1.165, 1.54) is 49.0 Å². The lowest BCUT2D eigenvalue weighted by Crippen LogP contribution is -2.40. The maximum Gasteiger partial charge on any atom is 0.337 e. The summed E-state index contributed by atoms with van der Waals surface area (Å²) in [5.74, 6) is -0.328. The van der Waals surface area contributed by atoms with Gasteiger partial charge >= 0.3 is 5.97 Å². The Balaban J connectivity index is 1.84. The van der Waals surface area contributed by atoms with Crippen molar-refractivity contribution in [2.45, 2.75) is 10.5 Å². The first-order chi connectivity index (χ1) is 12.9. The van der Waals surface area contributed by atoms with Crippen LogP contribution in [0.1, 0.15) is 21.0 Å². The third-order valence-electron chi connectivity index (χ3n) is 3.96. The van der Waals surface area contributed by atoms with E-state index in [2.05, 4.69) is 9.46 Å². The highest BCUT2D eigenvalue weighted by atomic mass is 32.2. The lowest BCUT2D eigenvalue weighted by atomic mass is 9.99. The van der Waals surface area contributed by atoms with Crippen molar-refractivity contribution in [3.63, 3.8) is 0 Å². The average molecular weight is 407 g/mol. The molecule has 27 heavy (non-hydrogen) atoms. The molecular weight excluding hydrogens is 390 g/mol. The molecule has 2 N–H and O–H groups in total. The smallest absolute Gasteiger partial charge is 0.337 e. The van der Waals surface area contributed by atoms with Gasteiger partial charge in [0, 0.05) is 4.88 Å². The largest absolute Gasteiger partial charge is 0.466 e. The number of esters is 1. The van der Waals surface area contributed by atoms with E-state index < -0.39 is 21.6 Å². The predicted octanol–water partition coefficient (Wildman–Crippen LogP) is 2.34. The fourth-order valence-electron chi connectivity index (χ4n) is 2.49. The van der Waals surface area contributed by atoms with Gasteiger partial charge < -0.3 is 14.3 Å². The highest BCUT2D eigenvalue weighted by Crippen LogP contribution is 2.33. The first-order valence-electron chi connectivity index (χ1n) is 7.85. The van der Waals surface area contributed by atoms with Crippen LogP contribution in [0.15, 0.2) is 69.5 Å². The molecular formula is C18H17NO6S2. The van der Waals surface area contributed by atoms with Gasteiger partial charge in [0.25, 0.3) is 0 Å². The monoisotopic (exact) mass is 407 g/mol. The summed E-state index contributed by atoms with van der Waals surface area (Å²) in [6.07, 6.45) is 1.41. The molecule has 142 valence electrons. The van der Waals surface area contributed by atoms with Gasteiger partial charge in [0.15, 0.2) is 5.60 Å². The normalized spacial score (nSPS) is 13.9. The van der Waals surface area contributed by atoms with Gasteiger partial charge in [0.05, 0.1) is 30.4 Å². The minimum absolute atomic E-state index is 0.0388. The molecule has 1 atom stereocenters. The molecule has 0 saturated carbocycles. The van der Waals surface area contributed by atoms with Gasteiger partial charge in [0.2, 0.25) is 10.0 Å². The van der Waals surface area contributed by atoms with Crippen molar-refractivity contribution in [1.82, 2.24) is 4.72 Å². The van der Waals surface area contributed by atoms with E-state index >= 15 is 0 Å². The summed E-state index contributed by atoms with van der Waals surface area (Å²) in [4.78, 5) is 12.0. The second kappa shape index (κ2) is 7.65. The number of rotatable bonds is 7. The van der Waals surface area contributed by atoms with Gasteiger partial charge in [-0.3, -0.25) is 0 Å². The number of methoxy groups -OCH3 is 1. The predicted molar refractivity (Wildman–Crippen MR) is 99.0 cm³/mol. The number of hydrogen-bond acceptors (Lipinski definition) is 7. The van der Waals surface area contributed by atoms with Crippen LogP contribution in [0.2, 0.25) is 0 Å². The lowest BCUT2D eigenvalue weighted by Gasteiger charge is -2.25. The molecule has 9 heteroatoms. The topological polar surface area (TPSA) is 106 Å². The van der Waals surface area contributed by atoms with E-state index in [0.29, 0.717) is 4.88 Å². The number of benzene rings is 1. The summed E-state index contributed by atoms with van der Waals surface area (Å²) >= 11 is 1.29. The van der Waals surface area contributed by atoms with Crippen LogP contribution in [0.3, 0.4) is 0 Å². The van der Waals surface area contributed by atoms with Crippen molar-refractivity contribution in [1.29, 1.82) is 0 Å². The van der Waals surface area contributed by atoms with Crippen LogP contribution in [-0.2, 0) is 20.4 Å². The summed E-state index contributed by atoms with van der Waals surface area (Å²) in [5, 5.41) is 12.9. The molecule has 2 aromatic heterocycles. The highest BCUT2D eigenvalue weighted by molar-refractivity contribution is 7.89. The Morgan fingerprint density at radius 1 is 1.22 bits per heavy atom. The number of aliphatic hydroxyl groups is 1. The molecule has 0 aliphatic heterocycles. The van der Waals surface area contributed by atoms with E-state index in [0.717, 1.165) is 0 Å². The zero-order chi connectivity index (χ0) is 19.5. The quantitative estimate of drug-likeness (QED) is 0.583. The third-order valence-corrected chi connectivity index (χ3v) is 6.40. The Bertz CT molecular complexity index is 959. The number of carbonyl (C=O) groups is 1. The standard InChI is InChI=1S/C18H17NO6S2/c1-24-17(20)13-6-8-14(9-7-13)27(22,23)19-12-18(21,15-4-2-10-25-15)16-5-3-11-26-16/h2-11,19,21H,12H2,1H3. The fraction of sp³-hybridized carbons (Fsp3) is 0.167. The van der Waals surface area contributed by atoms with Crippen molar-refractivity contribution in [2.24, 2.45) is 0 Å². The molecule has 0 bridgehead atoms. The molecule has 0 spiro atoms. The van der Waals surface area contributed by atoms with Crippen LogP contribution >= 0.6 is 11.3 Å². The Labute approximate surface area is 160 Å². The van der Waals surface area contributed by atoms with Gasteiger partial charge in [0.1, 0.15) is 5.76 Å². The Morgan fingerprint density at radius 2 is 1.96 bits per heavy atom. The van der Waals surface area contributed by atoms with E-state index in [9.17, 15) is 18.3 Å². The Hall–Kier alpha value is -2.46. The number of hydrogen-bond donors (Lipinski definition) is 2. The van der Waals surface area contributed by atoms with Crippen LogP contribution < -0.4 is 4.72 Å². The SMILES string of the molecule is COC(=O)c1ccc(S(=O)(=O)NCC(O)(c2ccco2)c2cccs2)cc1. The molecule has 2 heterocycles. The minimum Gasteiger partial charge on any atom is -0.466 e. The number of furan rings is 1. The summed E-state index contributed by atoms with van der Waals surface area (Å²) in [6.45, 7) is -0.317. The number of thiophene rings is 1. The zero-order valence-corrected chi connectivity index (χ0v) is 15.9. The fourth-order valence-corrected chi connectivity index (χ4v) is 4.38. The number of nitrogens with one attached hydrogen (secondary N) is 1. The minimum atomic E-state index is -3.92. The molecule has 3 rings (SSSR count). The molecule has 0 saturated heterocycles. The molecule has 1 unspecified atom stereocenters. The molecule has 1 aromatic carbocycles. The van der Waals surface area contributed by atoms with Gasteiger partial charge in [-0.2, -0.15) is 0 Å². The molecule has 0 fully saturated rings. The summed E-state index contributed by atoms with van der Waals surface area (Å²) in [6, 6.07) is 12.0. The Morgan fingerprint density at radius 3 is 2.52 bits per heavy atom. The van der Waals surface area contributed by atoms with Gasteiger partial charge in [-0.15, -0.1) is 11.3 Å². The van der Waals surface area contributed by atoms with Crippen LogP contribution in [0, 0.1) is 0 Å². The van der Waals surface area contributed by atoms with E-state index in [1.807, 2.05) is 0 Å². The first-order valence-corrected chi connectivity index (χ1v) is 10.2.